The van der Waals surface area contributed by atoms with Crippen molar-refractivity contribution in [3.05, 3.63) is 12.7 Å². The van der Waals surface area contributed by atoms with E-state index >= 15 is 0 Å². The first-order valence-corrected chi connectivity index (χ1v) is 6.49. The zero-order chi connectivity index (χ0) is 12.0. The van der Waals surface area contributed by atoms with E-state index in [2.05, 4.69) is 13.5 Å². The quantitative estimate of drug-likeness (QED) is 0.692. The molecule has 0 aliphatic heterocycles. The van der Waals surface area contributed by atoms with Crippen LogP contribution in [-0.4, -0.2) is 11.1 Å². The largest absolute Gasteiger partial charge is 0.481 e. The summed E-state index contributed by atoms with van der Waals surface area (Å²) in [5.74, 6) is 0.172. The summed E-state index contributed by atoms with van der Waals surface area (Å²) in [7, 11) is 0. The van der Waals surface area contributed by atoms with Crippen molar-refractivity contribution in [2.45, 2.75) is 58.3 Å². The fourth-order valence-corrected chi connectivity index (χ4v) is 2.88. The van der Waals surface area contributed by atoms with Gasteiger partial charge < -0.3 is 5.11 Å². The molecular weight excluding hydrogens is 200 g/mol. The van der Waals surface area contributed by atoms with Gasteiger partial charge in [-0.1, -0.05) is 25.8 Å². The van der Waals surface area contributed by atoms with Gasteiger partial charge in [0.2, 0.25) is 0 Å². The highest BCUT2D eigenvalue weighted by atomic mass is 16.4. The highest BCUT2D eigenvalue weighted by Gasteiger charge is 2.40. The Morgan fingerprint density at radius 1 is 1.50 bits per heavy atom. The van der Waals surface area contributed by atoms with Gasteiger partial charge in [-0.2, -0.15) is 0 Å². The van der Waals surface area contributed by atoms with Crippen molar-refractivity contribution in [3.63, 3.8) is 0 Å². The molecule has 1 saturated carbocycles. The van der Waals surface area contributed by atoms with Crippen LogP contribution in [0.5, 0.6) is 0 Å². The SMILES string of the molecule is C=CCCC1(C(=O)O)CCC(CCC)CC1. The van der Waals surface area contributed by atoms with Crippen LogP contribution in [0.25, 0.3) is 0 Å². The van der Waals surface area contributed by atoms with Gasteiger partial charge in [-0.3, -0.25) is 4.79 Å². The van der Waals surface area contributed by atoms with Crippen LogP contribution in [-0.2, 0) is 4.79 Å². The third kappa shape index (κ3) is 3.10. The van der Waals surface area contributed by atoms with Crippen LogP contribution < -0.4 is 0 Å². The molecule has 1 aliphatic rings. The Morgan fingerprint density at radius 3 is 2.56 bits per heavy atom. The van der Waals surface area contributed by atoms with Gasteiger partial charge in [-0.05, 0) is 44.4 Å². The van der Waals surface area contributed by atoms with E-state index in [0.29, 0.717) is 0 Å². The Bertz CT molecular complexity index is 237. The number of aliphatic carboxylic acids is 1. The second-order valence-corrected chi connectivity index (χ2v) is 5.14. The van der Waals surface area contributed by atoms with Gasteiger partial charge in [0.25, 0.3) is 0 Å². The second kappa shape index (κ2) is 6.07. The van der Waals surface area contributed by atoms with Gasteiger partial charge in [0.15, 0.2) is 0 Å². The van der Waals surface area contributed by atoms with Crippen LogP contribution in [0.1, 0.15) is 58.3 Å². The maximum absolute atomic E-state index is 11.4. The molecule has 0 aromatic heterocycles. The Labute approximate surface area is 98.7 Å². The normalized spacial score (nSPS) is 29.9. The van der Waals surface area contributed by atoms with Crippen LogP contribution in [0, 0.1) is 11.3 Å². The molecule has 0 unspecified atom stereocenters. The minimum atomic E-state index is -0.593. The number of carboxylic acid groups (broad SMARTS) is 1. The van der Waals surface area contributed by atoms with Gasteiger partial charge in [-0.15, -0.1) is 6.58 Å². The standard InChI is InChI=1S/C14H24O2/c1-3-5-9-14(13(15)16)10-7-12(6-4-2)8-11-14/h3,12H,1,4-11H2,2H3,(H,15,16). The minimum absolute atomic E-state index is 0.446. The van der Waals surface area contributed by atoms with E-state index in [0.717, 1.165) is 44.4 Å². The maximum atomic E-state index is 11.4. The molecule has 0 spiro atoms. The molecule has 0 heterocycles. The molecule has 16 heavy (non-hydrogen) atoms. The lowest BCUT2D eigenvalue weighted by Gasteiger charge is -2.36. The molecule has 92 valence electrons. The fraction of sp³-hybridized carbons (Fsp3) is 0.786. The molecule has 2 heteroatoms. The third-order valence-corrected chi connectivity index (χ3v) is 4.04. The summed E-state index contributed by atoms with van der Waals surface area (Å²) in [6.45, 7) is 5.89. The third-order valence-electron chi connectivity index (χ3n) is 4.04. The molecule has 0 aromatic carbocycles. The Kier molecular flexibility index (Phi) is 5.04. The van der Waals surface area contributed by atoms with Crippen LogP contribution >= 0.6 is 0 Å². The van der Waals surface area contributed by atoms with Crippen LogP contribution in [0.2, 0.25) is 0 Å². The van der Waals surface area contributed by atoms with E-state index < -0.39 is 11.4 Å². The summed E-state index contributed by atoms with van der Waals surface area (Å²) in [6.07, 6.45) is 9.82. The van der Waals surface area contributed by atoms with Crippen LogP contribution in [0.15, 0.2) is 12.7 Å². The Morgan fingerprint density at radius 2 is 2.12 bits per heavy atom. The summed E-state index contributed by atoms with van der Waals surface area (Å²) in [5.41, 5.74) is -0.446. The predicted molar refractivity (Wildman–Crippen MR) is 66.4 cm³/mol. The first-order valence-electron chi connectivity index (χ1n) is 6.49. The Hall–Kier alpha value is -0.790. The molecule has 1 aliphatic carbocycles. The zero-order valence-electron chi connectivity index (χ0n) is 10.4. The first-order chi connectivity index (χ1) is 7.64. The minimum Gasteiger partial charge on any atom is -0.481 e. The van der Waals surface area contributed by atoms with Crippen molar-refractivity contribution in [3.8, 4) is 0 Å². The van der Waals surface area contributed by atoms with Gasteiger partial charge >= 0.3 is 5.97 Å². The van der Waals surface area contributed by atoms with Crippen molar-refractivity contribution in [1.29, 1.82) is 0 Å². The summed E-state index contributed by atoms with van der Waals surface area (Å²) in [6, 6.07) is 0. The van der Waals surface area contributed by atoms with Gasteiger partial charge in [0, 0.05) is 0 Å². The van der Waals surface area contributed by atoms with E-state index in [4.69, 9.17) is 0 Å². The highest BCUT2D eigenvalue weighted by Crippen LogP contribution is 2.43. The van der Waals surface area contributed by atoms with E-state index in [-0.39, 0.29) is 0 Å². The number of hydrogen-bond donors (Lipinski definition) is 1. The molecule has 0 aromatic rings. The molecule has 0 bridgehead atoms. The molecule has 0 amide bonds. The van der Waals surface area contributed by atoms with Gasteiger partial charge in [0.1, 0.15) is 0 Å². The number of allylic oxidation sites excluding steroid dienone is 1. The van der Waals surface area contributed by atoms with E-state index in [1.807, 2.05) is 6.08 Å². The molecular formula is C14H24O2. The highest BCUT2D eigenvalue weighted by molar-refractivity contribution is 5.74. The average molecular weight is 224 g/mol. The van der Waals surface area contributed by atoms with E-state index in [1.165, 1.54) is 12.8 Å². The molecule has 1 rings (SSSR count). The summed E-state index contributed by atoms with van der Waals surface area (Å²) in [4.78, 5) is 11.4. The summed E-state index contributed by atoms with van der Waals surface area (Å²) < 4.78 is 0. The number of carbonyl (C=O) groups is 1. The van der Waals surface area contributed by atoms with Gasteiger partial charge in [0.05, 0.1) is 5.41 Å². The van der Waals surface area contributed by atoms with Crippen LogP contribution in [0.3, 0.4) is 0 Å². The lowest BCUT2D eigenvalue weighted by Crippen LogP contribution is -2.35. The van der Waals surface area contributed by atoms with Crippen molar-refractivity contribution >= 4 is 5.97 Å². The number of hydrogen-bond acceptors (Lipinski definition) is 1. The maximum Gasteiger partial charge on any atom is 0.309 e. The lowest BCUT2D eigenvalue weighted by molar-refractivity contribution is -0.152. The Balaban J connectivity index is 2.55. The zero-order valence-corrected chi connectivity index (χ0v) is 10.4. The molecule has 1 fully saturated rings. The van der Waals surface area contributed by atoms with Gasteiger partial charge in [-0.25, -0.2) is 0 Å². The van der Waals surface area contributed by atoms with Crippen molar-refractivity contribution in [2.75, 3.05) is 0 Å². The summed E-state index contributed by atoms with van der Waals surface area (Å²) >= 11 is 0. The molecule has 2 nitrogen and oxygen atoms in total. The second-order valence-electron chi connectivity index (χ2n) is 5.14. The monoisotopic (exact) mass is 224 g/mol. The summed E-state index contributed by atoms with van der Waals surface area (Å²) in [5, 5.41) is 9.40. The van der Waals surface area contributed by atoms with Crippen molar-refractivity contribution in [2.24, 2.45) is 11.3 Å². The fourth-order valence-electron chi connectivity index (χ4n) is 2.88. The number of carboxylic acids is 1. The predicted octanol–water partition coefficient (Wildman–Crippen LogP) is 4.01. The van der Waals surface area contributed by atoms with Crippen molar-refractivity contribution < 1.29 is 9.90 Å². The number of rotatable bonds is 6. The first kappa shape index (κ1) is 13.3. The van der Waals surface area contributed by atoms with Crippen LogP contribution in [0.4, 0.5) is 0 Å². The molecule has 0 saturated heterocycles. The smallest absolute Gasteiger partial charge is 0.309 e. The molecule has 0 radical (unpaired) electrons. The lowest BCUT2D eigenvalue weighted by atomic mass is 9.67. The van der Waals surface area contributed by atoms with E-state index in [1.54, 1.807) is 0 Å². The molecule has 0 atom stereocenters. The average Bonchev–Trinajstić information content (AvgIpc) is 2.28. The van der Waals surface area contributed by atoms with Crippen molar-refractivity contribution in [1.82, 2.24) is 0 Å². The topological polar surface area (TPSA) is 37.3 Å². The van der Waals surface area contributed by atoms with E-state index in [9.17, 15) is 9.90 Å². The molecule has 1 N–H and O–H groups in total.